The standard InChI is InChI=1S/C48H36F15N13O6/c49-25-28(52)34(58)40(35(59)29(25)53)73-46(80)70-22-10-4-1-7-19(22)67-43(77)64-13-16-76(17-14-65-44(78)68-20-8-2-5-11-23(20)71-47(81)74-41-36(60)30(54)26(50)31(55)37(41)61)18-15-66-45(79)69-21-9-3-6-12-24(21)72-48(82)75-42-38(62)32(56)27(51)33(57)39(42)63/h1-12H,13-18H2,(H2,64,67,77)(H2,65,68,78)(H2,66,69,79)(H2,70,73,80)(H2,71,74,81)(H2,72,75,82). The molecule has 12 amide bonds. The molecule has 82 heavy (non-hydrogen) atoms. The van der Waals surface area contributed by atoms with E-state index >= 15 is 0 Å². The van der Waals surface area contributed by atoms with Crippen molar-refractivity contribution >= 4 is 87.4 Å². The molecule has 0 saturated carbocycles. The summed E-state index contributed by atoms with van der Waals surface area (Å²) in [6.45, 7) is -1.00. The Labute approximate surface area is 449 Å². The second-order valence-corrected chi connectivity index (χ2v) is 16.2. The number of rotatable bonds is 18. The zero-order chi connectivity index (χ0) is 60.1. The van der Waals surface area contributed by atoms with E-state index in [1.54, 1.807) is 4.90 Å². The fraction of sp³-hybridized carbons (Fsp3) is 0.125. The van der Waals surface area contributed by atoms with Crippen molar-refractivity contribution in [3.05, 3.63) is 160 Å². The van der Waals surface area contributed by atoms with Crippen LogP contribution in [0.3, 0.4) is 0 Å². The van der Waals surface area contributed by atoms with E-state index in [-0.39, 0.29) is 73.4 Å². The molecule has 0 saturated heterocycles. The van der Waals surface area contributed by atoms with E-state index < -0.39 is 141 Å². The minimum Gasteiger partial charge on any atom is -0.337 e. The number of carbonyl (C=O) groups is 6. The number of benzene rings is 6. The van der Waals surface area contributed by atoms with E-state index in [2.05, 4.69) is 47.9 Å². The number of hydrogen-bond donors (Lipinski definition) is 12. The first-order valence-electron chi connectivity index (χ1n) is 22.8. The molecule has 0 aliphatic heterocycles. The molecule has 0 spiro atoms. The van der Waals surface area contributed by atoms with Gasteiger partial charge in [0.1, 0.15) is 17.1 Å². The van der Waals surface area contributed by atoms with Crippen LogP contribution in [0.5, 0.6) is 0 Å². The Hall–Kier alpha value is -10.2. The third kappa shape index (κ3) is 14.9. The van der Waals surface area contributed by atoms with Crippen molar-refractivity contribution < 1.29 is 94.6 Å². The van der Waals surface area contributed by atoms with Crippen LogP contribution in [0.15, 0.2) is 72.8 Å². The maximum Gasteiger partial charge on any atom is 0.323 e. The van der Waals surface area contributed by atoms with Gasteiger partial charge in [-0.3, -0.25) is 4.90 Å². The zero-order valence-corrected chi connectivity index (χ0v) is 40.7. The van der Waals surface area contributed by atoms with Crippen molar-refractivity contribution in [3.8, 4) is 0 Å². The van der Waals surface area contributed by atoms with Crippen LogP contribution in [0.4, 0.5) is 146 Å². The summed E-state index contributed by atoms with van der Waals surface area (Å²) < 4.78 is 208. The van der Waals surface area contributed by atoms with E-state index in [1.165, 1.54) is 88.7 Å². The van der Waals surface area contributed by atoms with Gasteiger partial charge < -0.3 is 63.8 Å². The van der Waals surface area contributed by atoms with Gasteiger partial charge in [0.2, 0.25) is 17.5 Å². The topological polar surface area (TPSA) is 250 Å². The van der Waals surface area contributed by atoms with Crippen molar-refractivity contribution in [2.45, 2.75) is 0 Å². The zero-order valence-electron chi connectivity index (χ0n) is 40.7. The van der Waals surface area contributed by atoms with Crippen LogP contribution in [0.2, 0.25) is 0 Å². The predicted octanol–water partition coefficient (Wildman–Crippen LogP) is 10.8. The molecule has 6 rings (SSSR count). The fourth-order valence-electron chi connectivity index (χ4n) is 6.87. The minimum atomic E-state index is -2.48. The molecule has 0 radical (unpaired) electrons. The normalized spacial score (nSPS) is 10.8. The molecule has 0 atom stereocenters. The number of para-hydroxylation sites is 6. The number of nitrogens with one attached hydrogen (secondary N) is 12. The van der Waals surface area contributed by atoms with Crippen molar-refractivity contribution in [1.82, 2.24) is 20.9 Å². The van der Waals surface area contributed by atoms with Gasteiger partial charge in [-0.2, -0.15) is 0 Å². The molecule has 0 aliphatic rings. The summed E-state index contributed by atoms with van der Waals surface area (Å²) in [4.78, 5) is 78.5. The molecule has 0 aliphatic carbocycles. The van der Waals surface area contributed by atoms with Crippen LogP contribution in [-0.2, 0) is 0 Å². The van der Waals surface area contributed by atoms with E-state index in [0.29, 0.717) is 0 Å². The van der Waals surface area contributed by atoms with Gasteiger partial charge in [0.05, 0.1) is 34.1 Å². The van der Waals surface area contributed by atoms with Crippen molar-refractivity contribution in [2.24, 2.45) is 0 Å². The van der Waals surface area contributed by atoms with Crippen LogP contribution in [0.25, 0.3) is 0 Å². The summed E-state index contributed by atoms with van der Waals surface area (Å²) >= 11 is 0. The average Bonchev–Trinajstić information content (AvgIpc) is 3.62. The first-order valence-corrected chi connectivity index (χ1v) is 22.8. The fourth-order valence-corrected chi connectivity index (χ4v) is 6.87. The lowest BCUT2D eigenvalue weighted by atomic mass is 10.2. The van der Waals surface area contributed by atoms with Gasteiger partial charge in [0, 0.05) is 39.3 Å². The number of amides is 12. The highest BCUT2D eigenvalue weighted by Crippen LogP contribution is 2.31. The van der Waals surface area contributed by atoms with Gasteiger partial charge >= 0.3 is 36.2 Å². The van der Waals surface area contributed by atoms with Crippen LogP contribution in [-0.4, -0.2) is 80.4 Å². The highest BCUT2D eigenvalue weighted by molar-refractivity contribution is 6.06. The quantitative estimate of drug-likeness (QED) is 0.0225. The van der Waals surface area contributed by atoms with Gasteiger partial charge in [0.25, 0.3) is 0 Å². The lowest BCUT2D eigenvalue weighted by Gasteiger charge is -2.23. The third-order valence-electron chi connectivity index (χ3n) is 10.8. The Morgan fingerprint density at radius 3 is 0.622 bits per heavy atom. The first kappa shape index (κ1) is 61.1. The number of nitrogens with zero attached hydrogens (tertiary/aromatic N) is 1. The first-order chi connectivity index (χ1) is 38.9. The van der Waals surface area contributed by atoms with E-state index in [9.17, 15) is 94.6 Å². The lowest BCUT2D eigenvalue weighted by molar-refractivity contribution is 0.237. The SMILES string of the molecule is O=C(NCCN(CCNC(=O)Nc1ccccc1NC(=O)Nc1c(F)c(F)c(F)c(F)c1F)CCNC(=O)Nc1ccccc1NC(=O)Nc1c(F)c(F)c(F)c(F)c1F)Nc1ccccc1NC(=O)Nc1c(F)c(F)c(F)c(F)c1F. The summed E-state index contributed by atoms with van der Waals surface area (Å²) in [6, 6.07) is 7.99. The molecular weight excluding hydrogens is 1140 g/mol. The molecule has 34 heteroatoms. The minimum absolute atomic E-state index is 0.0972. The molecule has 0 fully saturated rings. The molecule has 0 aromatic heterocycles. The van der Waals surface area contributed by atoms with Gasteiger partial charge in [-0.05, 0) is 36.4 Å². The molecule has 0 heterocycles. The van der Waals surface area contributed by atoms with E-state index in [0.717, 1.165) is 0 Å². The number of anilines is 9. The number of urea groups is 6. The predicted molar refractivity (Wildman–Crippen MR) is 263 cm³/mol. The Morgan fingerprint density at radius 2 is 0.427 bits per heavy atom. The third-order valence-corrected chi connectivity index (χ3v) is 10.8. The molecule has 6 aromatic carbocycles. The maximum absolute atomic E-state index is 14.2. The summed E-state index contributed by atoms with van der Waals surface area (Å²) in [7, 11) is 0. The second kappa shape index (κ2) is 27.1. The molecule has 19 nitrogen and oxygen atoms in total. The summed E-state index contributed by atoms with van der Waals surface area (Å²) in [5.74, 6) is -35.6. The van der Waals surface area contributed by atoms with Crippen molar-refractivity contribution in [2.75, 3.05) is 87.1 Å². The van der Waals surface area contributed by atoms with E-state index in [4.69, 9.17) is 0 Å². The summed E-state index contributed by atoms with van der Waals surface area (Å²) in [5.41, 5.74) is -6.25. The van der Waals surface area contributed by atoms with Gasteiger partial charge in [-0.25, -0.2) is 94.6 Å². The number of halogens is 15. The number of carbonyl (C=O) groups excluding carboxylic acids is 6. The molecular formula is C48H36F15N13O6. The Bertz CT molecular complexity index is 3040. The molecule has 0 bridgehead atoms. The van der Waals surface area contributed by atoms with Crippen LogP contribution < -0.4 is 63.8 Å². The molecule has 12 N–H and O–H groups in total. The largest absolute Gasteiger partial charge is 0.337 e. The maximum atomic E-state index is 14.2. The van der Waals surface area contributed by atoms with Crippen molar-refractivity contribution in [3.63, 3.8) is 0 Å². The Balaban J connectivity index is 1.07. The van der Waals surface area contributed by atoms with Crippen LogP contribution in [0.1, 0.15) is 0 Å². The monoisotopic (exact) mass is 1180 g/mol. The van der Waals surface area contributed by atoms with Crippen LogP contribution >= 0.6 is 0 Å². The Kier molecular flexibility index (Phi) is 20.2. The van der Waals surface area contributed by atoms with Gasteiger partial charge in [0.15, 0.2) is 69.8 Å². The van der Waals surface area contributed by atoms with Gasteiger partial charge in [-0.15, -0.1) is 0 Å². The molecule has 434 valence electrons. The second-order valence-electron chi connectivity index (χ2n) is 16.2. The summed E-state index contributed by atoms with van der Waals surface area (Å²) in [6.07, 6.45) is 0. The van der Waals surface area contributed by atoms with Crippen molar-refractivity contribution in [1.29, 1.82) is 0 Å². The van der Waals surface area contributed by atoms with E-state index in [1.807, 2.05) is 0 Å². The summed E-state index contributed by atoms with van der Waals surface area (Å²) in [5, 5.41) is 25.3. The molecule has 6 aromatic rings. The highest BCUT2D eigenvalue weighted by atomic mass is 19.2. The van der Waals surface area contributed by atoms with Crippen LogP contribution in [0, 0.1) is 87.3 Å². The number of hydrogen-bond acceptors (Lipinski definition) is 7. The average molecular weight is 1180 g/mol. The molecule has 0 unspecified atom stereocenters. The van der Waals surface area contributed by atoms with Gasteiger partial charge in [-0.1, -0.05) is 36.4 Å². The highest BCUT2D eigenvalue weighted by Gasteiger charge is 2.30. The lowest BCUT2D eigenvalue weighted by Crippen LogP contribution is -2.44. The smallest absolute Gasteiger partial charge is 0.323 e. The Morgan fingerprint density at radius 1 is 0.256 bits per heavy atom.